The van der Waals surface area contributed by atoms with Crippen molar-refractivity contribution < 1.29 is 4.39 Å². The molecule has 0 amide bonds. The number of nitrogens with one attached hydrogen (secondary N) is 1. The zero-order chi connectivity index (χ0) is 15.2. The van der Waals surface area contributed by atoms with E-state index in [-0.39, 0.29) is 5.82 Å². The molecule has 2 aromatic rings. The highest BCUT2D eigenvalue weighted by Gasteiger charge is 2.05. The second-order valence-corrected chi connectivity index (χ2v) is 6.61. The number of aromatic nitrogens is 1. The maximum atomic E-state index is 13.2. The van der Waals surface area contributed by atoms with Gasteiger partial charge >= 0.3 is 0 Å². The molecule has 0 saturated heterocycles. The Morgan fingerprint density at radius 3 is 2.76 bits per heavy atom. The molecular weight excluding hydrogens is 283 g/mol. The van der Waals surface area contributed by atoms with Crippen LogP contribution in [0.15, 0.2) is 46.5 Å². The van der Waals surface area contributed by atoms with E-state index in [4.69, 9.17) is 0 Å². The van der Waals surface area contributed by atoms with Gasteiger partial charge in [0.1, 0.15) is 10.8 Å². The maximum Gasteiger partial charge on any atom is 0.124 e. The first kappa shape index (κ1) is 16.0. The number of nitrogens with zero attached hydrogens (tertiary/aromatic N) is 1. The van der Waals surface area contributed by atoms with Gasteiger partial charge in [-0.05, 0) is 48.7 Å². The number of rotatable bonds is 6. The second-order valence-electron chi connectivity index (χ2n) is 5.55. The van der Waals surface area contributed by atoms with Crippen molar-refractivity contribution in [2.75, 3.05) is 6.54 Å². The molecule has 1 heterocycles. The van der Waals surface area contributed by atoms with E-state index < -0.39 is 0 Å². The van der Waals surface area contributed by atoms with Crippen molar-refractivity contribution in [3.8, 4) is 0 Å². The van der Waals surface area contributed by atoms with Gasteiger partial charge in [-0.3, -0.25) is 0 Å². The molecule has 0 aliphatic rings. The van der Waals surface area contributed by atoms with Crippen LogP contribution in [0.3, 0.4) is 0 Å². The summed E-state index contributed by atoms with van der Waals surface area (Å²) in [4.78, 5) is 5.37. The molecule has 1 aromatic carbocycles. The van der Waals surface area contributed by atoms with Gasteiger partial charge in [0, 0.05) is 17.6 Å². The summed E-state index contributed by atoms with van der Waals surface area (Å²) in [5.74, 6) is 0.425. The van der Waals surface area contributed by atoms with E-state index >= 15 is 0 Å². The molecular formula is C17H21FN2S. The average molecular weight is 304 g/mol. The first-order chi connectivity index (χ1) is 10.0. The van der Waals surface area contributed by atoms with Crippen molar-refractivity contribution in [1.82, 2.24) is 10.3 Å². The molecule has 0 spiro atoms. The molecule has 2 nitrogen and oxygen atoms in total. The summed E-state index contributed by atoms with van der Waals surface area (Å²) in [5.41, 5.74) is 2.30. The SMILES string of the molecule is Cc1cc(CNCC(C)C)cnc1Sc1cccc(F)c1. The van der Waals surface area contributed by atoms with Crippen LogP contribution < -0.4 is 5.32 Å². The molecule has 0 unspecified atom stereocenters. The predicted molar refractivity (Wildman–Crippen MR) is 86.0 cm³/mol. The molecule has 0 atom stereocenters. The van der Waals surface area contributed by atoms with E-state index in [0.29, 0.717) is 5.92 Å². The molecule has 0 aliphatic heterocycles. The highest BCUT2D eigenvalue weighted by Crippen LogP contribution is 2.29. The van der Waals surface area contributed by atoms with Crippen LogP contribution in [-0.2, 0) is 6.54 Å². The van der Waals surface area contributed by atoms with Crippen molar-refractivity contribution in [2.24, 2.45) is 5.92 Å². The Morgan fingerprint density at radius 1 is 1.29 bits per heavy atom. The Morgan fingerprint density at radius 2 is 2.10 bits per heavy atom. The Balaban J connectivity index is 2.02. The van der Waals surface area contributed by atoms with Gasteiger partial charge in [-0.1, -0.05) is 37.7 Å². The summed E-state index contributed by atoms with van der Waals surface area (Å²) in [6.07, 6.45) is 1.89. The summed E-state index contributed by atoms with van der Waals surface area (Å²) in [6.45, 7) is 8.25. The normalized spacial score (nSPS) is 11.1. The molecule has 0 bridgehead atoms. The van der Waals surface area contributed by atoms with Gasteiger partial charge < -0.3 is 5.32 Å². The van der Waals surface area contributed by atoms with E-state index in [1.165, 1.54) is 29.5 Å². The van der Waals surface area contributed by atoms with Gasteiger partial charge in [-0.15, -0.1) is 0 Å². The number of pyridine rings is 1. The first-order valence-electron chi connectivity index (χ1n) is 7.14. The number of halogens is 1. The first-order valence-corrected chi connectivity index (χ1v) is 7.96. The zero-order valence-corrected chi connectivity index (χ0v) is 13.5. The van der Waals surface area contributed by atoms with Crippen molar-refractivity contribution in [2.45, 2.75) is 37.2 Å². The average Bonchev–Trinajstić information content (AvgIpc) is 2.41. The largest absolute Gasteiger partial charge is 0.312 e. The highest BCUT2D eigenvalue weighted by molar-refractivity contribution is 7.99. The molecule has 0 aliphatic carbocycles. The van der Waals surface area contributed by atoms with E-state index in [1.54, 1.807) is 6.07 Å². The van der Waals surface area contributed by atoms with Crippen LogP contribution >= 0.6 is 11.8 Å². The Hall–Kier alpha value is -1.39. The lowest BCUT2D eigenvalue weighted by atomic mass is 10.2. The number of hydrogen-bond donors (Lipinski definition) is 1. The van der Waals surface area contributed by atoms with Crippen LogP contribution in [0.25, 0.3) is 0 Å². The third-order valence-electron chi connectivity index (χ3n) is 2.98. The molecule has 1 aromatic heterocycles. The molecule has 1 N–H and O–H groups in total. The molecule has 21 heavy (non-hydrogen) atoms. The van der Waals surface area contributed by atoms with Crippen molar-refractivity contribution >= 4 is 11.8 Å². The van der Waals surface area contributed by atoms with Gasteiger partial charge in [-0.2, -0.15) is 0 Å². The quantitative estimate of drug-likeness (QED) is 0.855. The van der Waals surface area contributed by atoms with Crippen LogP contribution in [0.5, 0.6) is 0 Å². The van der Waals surface area contributed by atoms with E-state index in [2.05, 4.69) is 30.2 Å². The zero-order valence-electron chi connectivity index (χ0n) is 12.7. The van der Waals surface area contributed by atoms with E-state index in [1.807, 2.05) is 19.2 Å². The van der Waals surface area contributed by atoms with Crippen LogP contribution in [0, 0.1) is 18.7 Å². The fourth-order valence-electron chi connectivity index (χ4n) is 1.97. The fourth-order valence-corrected chi connectivity index (χ4v) is 2.84. The van der Waals surface area contributed by atoms with E-state index in [0.717, 1.165) is 28.6 Å². The van der Waals surface area contributed by atoms with Gasteiger partial charge in [0.05, 0.1) is 0 Å². The summed E-state index contributed by atoms with van der Waals surface area (Å²) >= 11 is 1.49. The lowest BCUT2D eigenvalue weighted by Gasteiger charge is -2.10. The lowest BCUT2D eigenvalue weighted by Crippen LogP contribution is -2.19. The molecule has 0 fully saturated rings. The Labute approximate surface area is 130 Å². The minimum absolute atomic E-state index is 0.216. The predicted octanol–water partition coefficient (Wildman–Crippen LogP) is 4.43. The summed E-state index contributed by atoms with van der Waals surface area (Å²) in [7, 11) is 0. The second kappa shape index (κ2) is 7.57. The fraction of sp³-hybridized carbons (Fsp3) is 0.353. The number of aryl methyl sites for hydroxylation is 1. The minimum atomic E-state index is -0.216. The van der Waals surface area contributed by atoms with Crippen LogP contribution in [0.4, 0.5) is 4.39 Å². The van der Waals surface area contributed by atoms with Gasteiger partial charge in [0.15, 0.2) is 0 Å². The Kier molecular flexibility index (Phi) is 5.76. The molecule has 4 heteroatoms. The molecule has 112 valence electrons. The monoisotopic (exact) mass is 304 g/mol. The van der Waals surface area contributed by atoms with Crippen LogP contribution in [0.1, 0.15) is 25.0 Å². The standard InChI is InChI=1S/C17H21FN2S/c1-12(2)9-19-10-14-7-13(3)17(20-11-14)21-16-6-4-5-15(18)8-16/h4-8,11-12,19H,9-10H2,1-3H3. The van der Waals surface area contributed by atoms with Crippen molar-refractivity contribution in [3.63, 3.8) is 0 Å². The van der Waals surface area contributed by atoms with Crippen LogP contribution in [-0.4, -0.2) is 11.5 Å². The highest BCUT2D eigenvalue weighted by atomic mass is 32.2. The van der Waals surface area contributed by atoms with E-state index in [9.17, 15) is 4.39 Å². The smallest absolute Gasteiger partial charge is 0.124 e. The van der Waals surface area contributed by atoms with Crippen LogP contribution in [0.2, 0.25) is 0 Å². The Bertz CT molecular complexity index is 599. The van der Waals surface area contributed by atoms with Gasteiger partial charge in [0.2, 0.25) is 0 Å². The van der Waals surface area contributed by atoms with Crippen molar-refractivity contribution in [1.29, 1.82) is 0 Å². The topological polar surface area (TPSA) is 24.9 Å². The summed E-state index contributed by atoms with van der Waals surface area (Å²) in [5, 5.41) is 4.33. The van der Waals surface area contributed by atoms with Gasteiger partial charge in [-0.25, -0.2) is 9.37 Å². The van der Waals surface area contributed by atoms with Crippen molar-refractivity contribution in [3.05, 3.63) is 53.5 Å². The summed E-state index contributed by atoms with van der Waals surface area (Å²) in [6, 6.07) is 8.74. The van der Waals surface area contributed by atoms with Gasteiger partial charge in [0.25, 0.3) is 0 Å². The third kappa shape index (κ3) is 5.14. The molecule has 0 radical (unpaired) electrons. The molecule has 2 rings (SSSR count). The number of hydrogen-bond acceptors (Lipinski definition) is 3. The minimum Gasteiger partial charge on any atom is -0.312 e. The lowest BCUT2D eigenvalue weighted by molar-refractivity contribution is 0.551. The number of benzene rings is 1. The third-order valence-corrected chi connectivity index (χ3v) is 4.09. The maximum absolute atomic E-state index is 13.2. The summed E-state index contributed by atoms with van der Waals surface area (Å²) < 4.78 is 13.2. The molecule has 0 saturated carbocycles.